The number of aliphatic hydroxyl groups is 1. The fourth-order valence-electron chi connectivity index (χ4n) is 2.73. The number of nitrogens with zero attached hydrogens (tertiary/aromatic N) is 1. The maximum Gasteiger partial charge on any atom is 0.417 e. The van der Waals surface area contributed by atoms with Crippen molar-refractivity contribution in [2.75, 3.05) is 13.1 Å². The van der Waals surface area contributed by atoms with E-state index < -0.39 is 17.7 Å². The minimum absolute atomic E-state index is 0.347. The van der Waals surface area contributed by atoms with Gasteiger partial charge in [-0.2, -0.15) is 13.2 Å². The normalized spacial score (nSPS) is 21.2. The van der Waals surface area contributed by atoms with Crippen molar-refractivity contribution in [1.29, 1.82) is 0 Å². The van der Waals surface area contributed by atoms with Crippen LogP contribution in [0.1, 0.15) is 25.3 Å². The molecule has 118 valence electrons. The van der Waals surface area contributed by atoms with E-state index in [1.807, 2.05) is 12.1 Å². The lowest BCUT2D eigenvalue weighted by molar-refractivity contribution is -0.275. The van der Waals surface area contributed by atoms with Crippen molar-refractivity contribution >= 4 is 11.6 Å². The van der Waals surface area contributed by atoms with Gasteiger partial charge in [0.1, 0.15) is 0 Å². The molecule has 1 heterocycles. The van der Waals surface area contributed by atoms with Crippen LogP contribution >= 0.6 is 11.6 Å². The Morgan fingerprint density at radius 1 is 1.19 bits per heavy atom. The van der Waals surface area contributed by atoms with Crippen LogP contribution in [0, 0.1) is 5.92 Å². The lowest BCUT2D eigenvalue weighted by atomic mass is 9.81. The highest BCUT2D eigenvalue weighted by Crippen LogP contribution is 2.40. The van der Waals surface area contributed by atoms with Crippen molar-refractivity contribution in [3.8, 4) is 0 Å². The van der Waals surface area contributed by atoms with E-state index in [1.165, 1.54) is 0 Å². The number of benzene rings is 1. The van der Waals surface area contributed by atoms with Gasteiger partial charge in [-0.25, -0.2) is 0 Å². The lowest BCUT2D eigenvalue weighted by Crippen LogP contribution is -2.52. The molecule has 1 aromatic rings. The molecular weight excluding hydrogens is 303 g/mol. The van der Waals surface area contributed by atoms with Gasteiger partial charge in [-0.3, -0.25) is 4.90 Å². The summed E-state index contributed by atoms with van der Waals surface area (Å²) < 4.78 is 38.5. The molecule has 2 rings (SSSR count). The number of hydrogen-bond donors (Lipinski definition) is 1. The minimum atomic E-state index is -4.57. The monoisotopic (exact) mass is 321 g/mol. The summed E-state index contributed by atoms with van der Waals surface area (Å²) in [5, 5.41) is 10.4. The molecule has 0 aromatic heterocycles. The molecule has 0 bridgehead atoms. The van der Waals surface area contributed by atoms with Crippen molar-refractivity contribution < 1.29 is 18.3 Å². The van der Waals surface area contributed by atoms with Crippen molar-refractivity contribution in [1.82, 2.24) is 4.90 Å². The summed E-state index contributed by atoms with van der Waals surface area (Å²) in [5.41, 5.74) is -1.51. The van der Waals surface area contributed by atoms with E-state index in [2.05, 4.69) is 4.90 Å². The number of halogens is 4. The predicted molar refractivity (Wildman–Crippen MR) is 76.1 cm³/mol. The van der Waals surface area contributed by atoms with Gasteiger partial charge >= 0.3 is 6.18 Å². The first kappa shape index (κ1) is 16.6. The Morgan fingerprint density at radius 2 is 1.71 bits per heavy atom. The van der Waals surface area contributed by atoms with Gasteiger partial charge in [0.25, 0.3) is 0 Å². The Balaban J connectivity index is 1.90. The van der Waals surface area contributed by atoms with Gasteiger partial charge in [-0.15, -0.1) is 0 Å². The Labute approximate surface area is 127 Å². The van der Waals surface area contributed by atoms with Crippen molar-refractivity contribution in [3.05, 3.63) is 34.9 Å². The summed E-state index contributed by atoms with van der Waals surface area (Å²) in [7, 11) is 0. The molecule has 1 aliphatic heterocycles. The molecule has 2 nitrogen and oxygen atoms in total. The smallest absolute Gasteiger partial charge is 0.380 e. The van der Waals surface area contributed by atoms with E-state index in [0.29, 0.717) is 37.5 Å². The minimum Gasteiger partial charge on any atom is -0.380 e. The first-order chi connectivity index (χ1) is 9.70. The van der Waals surface area contributed by atoms with Crippen LogP contribution in [0.4, 0.5) is 13.2 Å². The maximum atomic E-state index is 12.8. The topological polar surface area (TPSA) is 23.5 Å². The van der Waals surface area contributed by atoms with Crippen molar-refractivity contribution in [2.45, 2.75) is 38.1 Å². The summed E-state index contributed by atoms with van der Waals surface area (Å²) in [4.78, 5) is 2.10. The third kappa shape index (κ3) is 3.90. The molecule has 1 saturated heterocycles. The van der Waals surface area contributed by atoms with Crippen LogP contribution in [-0.2, 0) is 6.54 Å². The maximum absolute atomic E-state index is 12.8. The highest BCUT2D eigenvalue weighted by atomic mass is 35.5. The zero-order chi connectivity index (χ0) is 15.7. The highest BCUT2D eigenvalue weighted by molar-refractivity contribution is 6.30. The van der Waals surface area contributed by atoms with E-state index in [4.69, 9.17) is 11.6 Å². The number of likely N-dealkylation sites (tertiary alicyclic amines) is 1. The summed E-state index contributed by atoms with van der Waals surface area (Å²) in [6.07, 6.45) is -3.88. The number of piperidine rings is 1. The molecule has 0 amide bonds. The highest BCUT2D eigenvalue weighted by Gasteiger charge is 2.54. The Morgan fingerprint density at radius 3 is 2.19 bits per heavy atom. The summed E-state index contributed by atoms with van der Waals surface area (Å²) in [6.45, 7) is 2.68. The molecule has 1 aliphatic rings. The Bertz CT molecular complexity index is 465. The molecule has 1 atom stereocenters. The van der Waals surface area contributed by atoms with Crippen LogP contribution in [0.5, 0.6) is 0 Å². The summed E-state index contributed by atoms with van der Waals surface area (Å²) >= 11 is 5.82. The standard InChI is InChI=1S/C15H19ClF3NO/c1-14(21,15(17,18)19)12-6-8-20(9-7-12)10-11-2-4-13(16)5-3-11/h2-5,12,21H,6-10H2,1H3. The fraction of sp³-hybridized carbons (Fsp3) is 0.600. The molecule has 1 fully saturated rings. The molecule has 21 heavy (non-hydrogen) atoms. The second-order valence-corrected chi connectivity index (χ2v) is 6.26. The van der Waals surface area contributed by atoms with Crippen LogP contribution in [0.25, 0.3) is 0 Å². The average molecular weight is 322 g/mol. The first-order valence-corrected chi connectivity index (χ1v) is 7.34. The van der Waals surface area contributed by atoms with Gasteiger partial charge in [0, 0.05) is 11.6 Å². The van der Waals surface area contributed by atoms with Gasteiger partial charge in [-0.05, 0) is 56.5 Å². The van der Waals surface area contributed by atoms with Crippen LogP contribution < -0.4 is 0 Å². The zero-order valence-corrected chi connectivity index (χ0v) is 12.6. The van der Waals surface area contributed by atoms with Crippen molar-refractivity contribution in [2.24, 2.45) is 5.92 Å². The molecule has 0 radical (unpaired) electrons. The predicted octanol–water partition coefficient (Wildman–Crippen LogP) is 3.87. The third-order valence-corrected chi connectivity index (χ3v) is 4.53. The molecule has 1 N–H and O–H groups in total. The summed E-state index contributed by atoms with van der Waals surface area (Å²) in [5.74, 6) is -0.737. The third-order valence-electron chi connectivity index (χ3n) is 4.28. The zero-order valence-electron chi connectivity index (χ0n) is 11.8. The second-order valence-electron chi connectivity index (χ2n) is 5.82. The molecule has 0 spiro atoms. The van der Waals surface area contributed by atoms with Crippen LogP contribution in [0.2, 0.25) is 5.02 Å². The molecule has 0 saturated carbocycles. The van der Waals surface area contributed by atoms with E-state index in [1.54, 1.807) is 12.1 Å². The fourth-order valence-corrected chi connectivity index (χ4v) is 2.86. The Kier molecular flexibility index (Phi) is 4.85. The van der Waals surface area contributed by atoms with Gasteiger partial charge in [0.2, 0.25) is 0 Å². The van der Waals surface area contributed by atoms with Gasteiger partial charge in [-0.1, -0.05) is 23.7 Å². The molecule has 1 aromatic carbocycles. The average Bonchev–Trinajstić information content (AvgIpc) is 2.41. The number of hydrogen-bond acceptors (Lipinski definition) is 2. The molecular formula is C15H19ClF3NO. The van der Waals surface area contributed by atoms with E-state index in [9.17, 15) is 18.3 Å². The number of rotatable bonds is 3. The van der Waals surface area contributed by atoms with E-state index >= 15 is 0 Å². The first-order valence-electron chi connectivity index (χ1n) is 6.96. The van der Waals surface area contributed by atoms with Gasteiger partial charge < -0.3 is 5.11 Å². The lowest BCUT2D eigenvalue weighted by Gasteiger charge is -2.40. The van der Waals surface area contributed by atoms with Crippen molar-refractivity contribution in [3.63, 3.8) is 0 Å². The largest absolute Gasteiger partial charge is 0.417 e. The number of alkyl halides is 3. The summed E-state index contributed by atoms with van der Waals surface area (Å²) in [6, 6.07) is 7.44. The van der Waals surface area contributed by atoms with Gasteiger partial charge in [0.15, 0.2) is 5.60 Å². The molecule has 0 aliphatic carbocycles. The molecule has 6 heteroatoms. The van der Waals surface area contributed by atoms with E-state index in [-0.39, 0.29) is 0 Å². The van der Waals surface area contributed by atoms with Crippen LogP contribution in [0.3, 0.4) is 0 Å². The second kappa shape index (κ2) is 6.15. The van der Waals surface area contributed by atoms with Crippen LogP contribution in [-0.4, -0.2) is 34.9 Å². The van der Waals surface area contributed by atoms with Gasteiger partial charge in [0.05, 0.1) is 0 Å². The SMILES string of the molecule is CC(O)(C1CCN(Cc2ccc(Cl)cc2)CC1)C(F)(F)F. The Hall–Kier alpha value is -0.780. The van der Waals surface area contributed by atoms with E-state index in [0.717, 1.165) is 12.5 Å². The van der Waals surface area contributed by atoms with Crippen LogP contribution in [0.15, 0.2) is 24.3 Å². The molecule has 1 unspecified atom stereocenters. The quantitative estimate of drug-likeness (QED) is 0.913.